The fourth-order valence-corrected chi connectivity index (χ4v) is 4.59. The summed E-state index contributed by atoms with van der Waals surface area (Å²) in [7, 11) is 0. The van der Waals surface area contributed by atoms with Crippen LogP contribution in [0.4, 0.5) is 0 Å². The monoisotopic (exact) mass is 414 g/mol. The lowest BCUT2D eigenvalue weighted by Crippen LogP contribution is -2.49. The van der Waals surface area contributed by atoms with E-state index in [1.165, 1.54) is 22.3 Å². The Bertz CT molecular complexity index is 921. The molecule has 5 heteroatoms. The molecule has 0 radical (unpaired) electrons. The predicted octanol–water partition coefficient (Wildman–Crippen LogP) is 4.76. The van der Waals surface area contributed by atoms with Crippen LogP contribution in [0, 0.1) is 0 Å². The SMILES string of the molecule is CCNC(Cc1ccc(Cl)cc1)C(=O)N1CCC2=C(Cc3ccc(Cl)cc32)C1. The van der Waals surface area contributed by atoms with Crippen molar-refractivity contribution in [3.63, 3.8) is 0 Å². The third-order valence-electron chi connectivity index (χ3n) is 5.65. The predicted molar refractivity (Wildman–Crippen MR) is 116 cm³/mol. The first kappa shape index (κ1) is 19.5. The highest BCUT2D eigenvalue weighted by molar-refractivity contribution is 6.31. The van der Waals surface area contributed by atoms with Gasteiger partial charge in [-0.05, 0) is 77.9 Å². The van der Waals surface area contributed by atoms with Crippen LogP contribution in [0.1, 0.15) is 30.0 Å². The van der Waals surface area contributed by atoms with Crippen molar-refractivity contribution >= 4 is 34.7 Å². The number of hydrogen-bond acceptors (Lipinski definition) is 2. The van der Waals surface area contributed by atoms with E-state index >= 15 is 0 Å². The van der Waals surface area contributed by atoms with Crippen LogP contribution in [0.2, 0.25) is 10.0 Å². The summed E-state index contributed by atoms with van der Waals surface area (Å²) in [5, 5.41) is 4.86. The molecule has 1 aliphatic carbocycles. The molecule has 2 aromatic carbocycles. The second-order valence-electron chi connectivity index (χ2n) is 7.51. The number of carbonyl (C=O) groups is 1. The number of likely N-dealkylation sites (N-methyl/N-ethyl adjacent to an activating group) is 1. The Hall–Kier alpha value is -1.81. The van der Waals surface area contributed by atoms with Gasteiger partial charge in [-0.2, -0.15) is 0 Å². The Morgan fingerprint density at radius 1 is 1.14 bits per heavy atom. The highest BCUT2D eigenvalue weighted by Gasteiger charge is 2.31. The number of benzene rings is 2. The Morgan fingerprint density at radius 3 is 2.64 bits per heavy atom. The van der Waals surface area contributed by atoms with Gasteiger partial charge in [-0.1, -0.05) is 48.3 Å². The minimum atomic E-state index is -0.216. The second kappa shape index (κ2) is 8.28. The molecule has 2 aromatic rings. The van der Waals surface area contributed by atoms with Crippen molar-refractivity contribution in [3.05, 3.63) is 74.8 Å². The summed E-state index contributed by atoms with van der Waals surface area (Å²) < 4.78 is 0. The molecule has 146 valence electrons. The maximum atomic E-state index is 13.3. The van der Waals surface area contributed by atoms with Gasteiger partial charge in [0, 0.05) is 23.1 Å². The molecule has 1 atom stereocenters. The summed E-state index contributed by atoms with van der Waals surface area (Å²) >= 11 is 12.2. The maximum absolute atomic E-state index is 13.3. The molecule has 1 amide bonds. The Kier molecular flexibility index (Phi) is 5.77. The molecule has 3 nitrogen and oxygen atoms in total. The number of carbonyl (C=O) groups excluding carboxylic acids is 1. The van der Waals surface area contributed by atoms with Crippen molar-refractivity contribution in [1.82, 2.24) is 10.2 Å². The Morgan fingerprint density at radius 2 is 1.89 bits per heavy atom. The van der Waals surface area contributed by atoms with Crippen LogP contribution in [0.5, 0.6) is 0 Å². The van der Waals surface area contributed by atoms with E-state index < -0.39 is 0 Å². The van der Waals surface area contributed by atoms with Crippen molar-refractivity contribution in [2.45, 2.75) is 32.2 Å². The van der Waals surface area contributed by atoms with Crippen LogP contribution < -0.4 is 5.32 Å². The van der Waals surface area contributed by atoms with Crippen molar-refractivity contribution in [2.75, 3.05) is 19.6 Å². The van der Waals surface area contributed by atoms with E-state index in [-0.39, 0.29) is 11.9 Å². The molecule has 1 aliphatic heterocycles. The molecule has 28 heavy (non-hydrogen) atoms. The molecule has 4 rings (SSSR count). The Balaban J connectivity index is 1.48. The van der Waals surface area contributed by atoms with Crippen LogP contribution in [0.15, 0.2) is 48.0 Å². The molecular weight excluding hydrogens is 391 g/mol. The normalized spacial score (nSPS) is 16.8. The average Bonchev–Trinajstić information content (AvgIpc) is 3.05. The molecule has 1 heterocycles. The van der Waals surface area contributed by atoms with E-state index in [0.717, 1.165) is 36.5 Å². The van der Waals surface area contributed by atoms with Crippen LogP contribution in [-0.4, -0.2) is 36.5 Å². The van der Waals surface area contributed by atoms with E-state index in [1.807, 2.05) is 42.2 Å². The van der Waals surface area contributed by atoms with Gasteiger partial charge in [-0.15, -0.1) is 0 Å². The molecule has 0 saturated carbocycles. The zero-order chi connectivity index (χ0) is 19.7. The summed E-state index contributed by atoms with van der Waals surface area (Å²) in [5.41, 5.74) is 6.47. The minimum Gasteiger partial charge on any atom is -0.337 e. The summed E-state index contributed by atoms with van der Waals surface area (Å²) in [5.74, 6) is 0.178. The van der Waals surface area contributed by atoms with Crippen molar-refractivity contribution in [3.8, 4) is 0 Å². The van der Waals surface area contributed by atoms with Gasteiger partial charge in [-0.25, -0.2) is 0 Å². The number of nitrogens with one attached hydrogen (secondary N) is 1. The fraction of sp³-hybridized carbons (Fsp3) is 0.348. The smallest absolute Gasteiger partial charge is 0.240 e. The summed E-state index contributed by atoms with van der Waals surface area (Å²) in [6, 6.07) is 13.7. The number of rotatable bonds is 5. The van der Waals surface area contributed by atoms with Gasteiger partial charge in [0.05, 0.1) is 6.04 Å². The van der Waals surface area contributed by atoms with Crippen molar-refractivity contribution in [2.24, 2.45) is 0 Å². The number of halogens is 2. The highest BCUT2D eigenvalue weighted by Crippen LogP contribution is 2.39. The molecule has 0 bridgehead atoms. The first-order valence-corrected chi connectivity index (χ1v) is 10.6. The molecular formula is C23H24Cl2N2O. The molecule has 0 fully saturated rings. The van der Waals surface area contributed by atoms with Crippen molar-refractivity contribution in [1.29, 1.82) is 0 Å². The fourth-order valence-electron chi connectivity index (χ4n) is 4.29. The highest BCUT2D eigenvalue weighted by atomic mass is 35.5. The number of fused-ring (bicyclic) bond motifs is 2. The van der Waals surface area contributed by atoms with E-state index in [2.05, 4.69) is 17.4 Å². The minimum absolute atomic E-state index is 0.178. The summed E-state index contributed by atoms with van der Waals surface area (Å²) in [6.07, 6.45) is 2.49. The lowest BCUT2D eigenvalue weighted by molar-refractivity contribution is -0.133. The number of hydrogen-bond donors (Lipinski definition) is 1. The van der Waals surface area contributed by atoms with Gasteiger partial charge < -0.3 is 10.2 Å². The largest absolute Gasteiger partial charge is 0.337 e. The van der Waals surface area contributed by atoms with Crippen LogP contribution in [0.25, 0.3) is 5.57 Å². The second-order valence-corrected chi connectivity index (χ2v) is 8.38. The average molecular weight is 415 g/mol. The third kappa shape index (κ3) is 3.98. The van der Waals surface area contributed by atoms with Gasteiger partial charge in [0.2, 0.25) is 5.91 Å². The number of nitrogens with zero attached hydrogens (tertiary/aromatic N) is 1. The standard InChI is InChI=1S/C23H24Cl2N2O/c1-2-26-22(11-15-3-6-18(24)7-4-15)23(28)27-10-9-20-17(14-27)12-16-5-8-19(25)13-21(16)20/h3-8,13,22,26H,2,9-12,14H2,1H3. The first-order chi connectivity index (χ1) is 13.5. The van der Waals surface area contributed by atoms with Gasteiger partial charge in [0.25, 0.3) is 0 Å². The molecule has 1 unspecified atom stereocenters. The van der Waals surface area contributed by atoms with Gasteiger partial charge in [0.15, 0.2) is 0 Å². The van der Waals surface area contributed by atoms with Gasteiger partial charge in [-0.3, -0.25) is 4.79 Å². The van der Waals surface area contributed by atoms with E-state index in [0.29, 0.717) is 18.0 Å². The maximum Gasteiger partial charge on any atom is 0.240 e. The van der Waals surface area contributed by atoms with Crippen LogP contribution in [-0.2, 0) is 17.6 Å². The Labute approximate surface area is 176 Å². The van der Waals surface area contributed by atoms with Gasteiger partial charge >= 0.3 is 0 Å². The lowest BCUT2D eigenvalue weighted by atomic mass is 9.97. The number of amides is 1. The van der Waals surface area contributed by atoms with E-state index in [4.69, 9.17) is 23.2 Å². The quantitative estimate of drug-likeness (QED) is 0.764. The molecule has 0 spiro atoms. The zero-order valence-corrected chi connectivity index (χ0v) is 17.5. The molecule has 0 saturated heterocycles. The van der Waals surface area contributed by atoms with E-state index in [9.17, 15) is 4.79 Å². The lowest BCUT2D eigenvalue weighted by Gasteiger charge is -2.32. The van der Waals surface area contributed by atoms with Gasteiger partial charge in [0.1, 0.15) is 0 Å². The summed E-state index contributed by atoms with van der Waals surface area (Å²) in [4.78, 5) is 15.3. The van der Waals surface area contributed by atoms with E-state index in [1.54, 1.807) is 0 Å². The molecule has 1 N–H and O–H groups in total. The van der Waals surface area contributed by atoms with Crippen LogP contribution >= 0.6 is 23.2 Å². The first-order valence-electron chi connectivity index (χ1n) is 9.81. The zero-order valence-electron chi connectivity index (χ0n) is 16.0. The molecule has 0 aromatic heterocycles. The topological polar surface area (TPSA) is 32.3 Å². The third-order valence-corrected chi connectivity index (χ3v) is 6.14. The van der Waals surface area contributed by atoms with Crippen molar-refractivity contribution < 1.29 is 4.79 Å². The summed E-state index contributed by atoms with van der Waals surface area (Å²) in [6.45, 7) is 4.27. The molecule has 2 aliphatic rings. The van der Waals surface area contributed by atoms with Crippen LogP contribution in [0.3, 0.4) is 0 Å².